The van der Waals surface area contributed by atoms with Gasteiger partial charge >= 0.3 is 12.4 Å². The van der Waals surface area contributed by atoms with Crippen LogP contribution in [0.15, 0.2) is 6.07 Å². The lowest BCUT2D eigenvalue weighted by molar-refractivity contribution is -0.148. The third kappa shape index (κ3) is 2.94. The van der Waals surface area contributed by atoms with E-state index in [0.29, 0.717) is 0 Å². The Hall–Kier alpha value is -1.85. The second-order valence-electron chi connectivity index (χ2n) is 3.40. The molecule has 0 spiro atoms. The van der Waals surface area contributed by atoms with Gasteiger partial charge < -0.3 is 0 Å². The predicted octanol–water partition coefficient (Wildman–Crippen LogP) is 4.07. The van der Waals surface area contributed by atoms with Crippen molar-refractivity contribution in [1.82, 2.24) is 0 Å². The molecule has 1 nitrogen and oxygen atoms in total. The summed E-state index contributed by atoms with van der Waals surface area (Å²) in [4.78, 5) is 0. The van der Waals surface area contributed by atoms with Crippen LogP contribution < -0.4 is 0 Å². The zero-order chi connectivity index (χ0) is 15.0. The van der Waals surface area contributed by atoms with Gasteiger partial charge in [-0.15, -0.1) is 0 Å². The van der Waals surface area contributed by atoms with E-state index in [1.807, 2.05) is 0 Å². The van der Waals surface area contributed by atoms with Gasteiger partial charge in [0.15, 0.2) is 0 Å². The number of nitriles is 1. The highest BCUT2D eigenvalue weighted by Gasteiger charge is 2.44. The number of benzene rings is 1. The monoisotopic (exact) mass is 289 g/mol. The summed E-state index contributed by atoms with van der Waals surface area (Å²) in [6.45, 7) is 0. The molecule has 1 aromatic carbocycles. The average Bonchev–Trinajstić information content (AvgIpc) is 2.19. The molecular formula is C10H3F8N. The van der Waals surface area contributed by atoms with Gasteiger partial charge in [0.2, 0.25) is 0 Å². The highest BCUT2D eigenvalue weighted by molar-refractivity contribution is 5.40. The predicted molar refractivity (Wildman–Crippen MR) is 45.7 cm³/mol. The number of alkyl halides is 6. The molecule has 9 heteroatoms. The molecule has 0 aliphatic heterocycles. The van der Waals surface area contributed by atoms with Crippen molar-refractivity contribution >= 4 is 0 Å². The minimum absolute atomic E-state index is 0.392. The van der Waals surface area contributed by atoms with Crippen LogP contribution in [-0.2, 0) is 18.8 Å². The van der Waals surface area contributed by atoms with Gasteiger partial charge in [-0.2, -0.15) is 31.6 Å². The van der Waals surface area contributed by atoms with Crippen molar-refractivity contribution in [3.05, 3.63) is 34.4 Å². The minimum Gasteiger partial charge on any atom is -0.207 e. The van der Waals surface area contributed by atoms with E-state index in [2.05, 4.69) is 0 Å². The molecule has 0 saturated heterocycles. The van der Waals surface area contributed by atoms with Crippen LogP contribution >= 0.6 is 0 Å². The molecular weight excluding hydrogens is 286 g/mol. The van der Waals surface area contributed by atoms with Crippen LogP contribution in [0, 0.1) is 23.0 Å². The summed E-state index contributed by atoms with van der Waals surface area (Å²) in [5.74, 6) is -4.56. The fourth-order valence-corrected chi connectivity index (χ4v) is 1.42. The van der Waals surface area contributed by atoms with Gasteiger partial charge in [0.1, 0.15) is 11.6 Å². The largest absolute Gasteiger partial charge is 0.419 e. The Morgan fingerprint density at radius 1 is 1.00 bits per heavy atom. The lowest BCUT2D eigenvalue weighted by atomic mass is 9.99. The first-order chi connectivity index (χ1) is 8.50. The highest BCUT2D eigenvalue weighted by Crippen LogP contribution is 2.41. The summed E-state index contributed by atoms with van der Waals surface area (Å²) < 4.78 is 101. The number of halogens is 8. The van der Waals surface area contributed by atoms with Crippen LogP contribution in [-0.4, -0.2) is 0 Å². The van der Waals surface area contributed by atoms with Crippen molar-refractivity contribution < 1.29 is 35.1 Å². The van der Waals surface area contributed by atoms with Crippen molar-refractivity contribution in [1.29, 1.82) is 5.26 Å². The van der Waals surface area contributed by atoms with E-state index in [1.165, 1.54) is 0 Å². The van der Waals surface area contributed by atoms with Gasteiger partial charge in [-0.25, -0.2) is 8.78 Å². The van der Waals surface area contributed by atoms with Crippen molar-refractivity contribution in [2.45, 2.75) is 18.8 Å². The maximum atomic E-state index is 13.3. The Balaban J connectivity index is 3.74. The molecule has 0 heterocycles. The Bertz CT molecular complexity index is 534. The van der Waals surface area contributed by atoms with E-state index < -0.39 is 53.2 Å². The molecule has 0 unspecified atom stereocenters. The van der Waals surface area contributed by atoms with E-state index in [0.717, 1.165) is 6.07 Å². The van der Waals surface area contributed by atoms with Gasteiger partial charge in [-0.05, 0) is 6.07 Å². The topological polar surface area (TPSA) is 23.8 Å². The molecule has 0 amide bonds. The lowest BCUT2D eigenvalue weighted by Gasteiger charge is -2.17. The molecule has 0 aromatic heterocycles. The van der Waals surface area contributed by atoms with Crippen LogP contribution in [0.2, 0.25) is 0 Å². The Morgan fingerprint density at radius 2 is 1.53 bits per heavy atom. The van der Waals surface area contributed by atoms with Crippen molar-refractivity contribution in [3.8, 4) is 6.07 Å². The Kier molecular flexibility index (Phi) is 3.74. The molecule has 1 rings (SSSR count). The van der Waals surface area contributed by atoms with Crippen molar-refractivity contribution in [3.63, 3.8) is 0 Å². The molecule has 0 bridgehead atoms. The third-order valence-corrected chi connectivity index (χ3v) is 2.16. The van der Waals surface area contributed by atoms with Crippen LogP contribution in [0.4, 0.5) is 35.1 Å². The number of nitrogens with zero attached hydrogens (tertiary/aromatic N) is 1. The summed E-state index contributed by atoms with van der Waals surface area (Å²) in [6, 6.07) is 0.743. The van der Waals surface area contributed by atoms with E-state index in [4.69, 9.17) is 5.26 Å². The maximum absolute atomic E-state index is 13.3. The van der Waals surface area contributed by atoms with E-state index in [9.17, 15) is 35.1 Å². The number of hydrogen-bond donors (Lipinski definition) is 0. The summed E-state index contributed by atoms with van der Waals surface area (Å²) in [5, 5.41) is 8.23. The van der Waals surface area contributed by atoms with Gasteiger partial charge in [0.05, 0.1) is 23.6 Å². The van der Waals surface area contributed by atoms with Crippen LogP contribution in [0.5, 0.6) is 0 Å². The third-order valence-electron chi connectivity index (χ3n) is 2.16. The van der Waals surface area contributed by atoms with Crippen molar-refractivity contribution in [2.24, 2.45) is 0 Å². The van der Waals surface area contributed by atoms with Gasteiger partial charge in [-0.3, -0.25) is 0 Å². The molecule has 0 fully saturated rings. The standard InChI is InChI=1S/C10H3F8N/c11-6-3-5(9(13,14)15)8(12)7(10(16,17)18)4(6)1-2-19/h3H,1H2. The maximum Gasteiger partial charge on any atom is 0.419 e. The summed E-state index contributed by atoms with van der Waals surface area (Å²) in [7, 11) is 0. The van der Waals surface area contributed by atoms with Gasteiger partial charge in [0.25, 0.3) is 0 Å². The molecule has 1 aromatic rings. The Labute approximate surface area is 101 Å². The molecule has 0 atom stereocenters. The number of hydrogen-bond acceptors (Lipinski definition) is 1. The van der Waals surface area contributed by atoms with E-state index in [1.54, 1.807) is 0 Å². The molecule has 0 aliphatic rings. The summed E-state index contributed by atoms with van der Waals surface area (Å²) >= 11 is 0. The molecule has 0 radical (unpaired) electrons. The molecule has 104 valence electrons. The zero-order valence-electron chi connectivity index (χ0n) is 8.76. The molecule has 0 aliphatic carbocycles. The normalized spacial score (nSPS) is 12.4. The quantitative estimate of drug-likeness (QED) is 0.715. The molecule has 19 heavy (non-hydrogen) atoms. The zero-order valence-corrected chi connectivity index (χ0v) is 8.76. The molecule has 0 saturated carbocycles. The fourth-order valence-electron chi connectivity index (χ4n) is 1.42. The van der Waals surface area contributed by atoms with Crippen LogP contribution in [0.25, 0.3) is 0 Å². The Morgan fingerprint density at radius 3 is 1.89 bits per heavy atom. The first-order valence-electron chi connectivity index (χ1n) is 4.52. The SMILES string of the molecule is N#CCc1c(F)cc(C(F)(F)F)c(F)c1C(F)(F)F. The fraction of sp³-hybridized carbons (Fsp3) is 0.300. The highest BCUT2D eigenvalue weighted by atomic mass is 19.4. The second-order valence-corrected chi connectivity index (χ2v) is 3.40. The first kappa shape index (κ1) is 15.2. The first-order valence-corrected chi connectivity index (χ1v) is 4.52. The van der Waals surface area contributed by atoms with Gasteiger partial charge in [0, 0.05) is 5.56 Å². The lowest BCUT2D eigenvalue weighted by Crippen LogP contribution is -2.19. The van der Waals surface area contributed by atoms with Crippen molar-refractivity contribution in [2.75, 3.05) is 0 Å². The van der Waals surface area contributed by atoms with E-state index >= 15 is 0 Å². The summed E-state index contributed by atoms with van der Waals surface area (Å²) in [5.41, 5.74) is -6.21. The summed E-state index contributed by atoms with van der Waals surface area (Å²) in [6.07, 6.45) is -12.2. The average molecular weight is 289 g/mol. The van der Waals surface area contributed by atoms with Crippen LogP contribution in [0.3, 0.4) is 0 Å². The minimum atomic E-state index is -5.54. The van der Waals surface area contributed by atoms with Crippen LogP contribution in [0.1, 0.15) is 16.7 Å². The van der Waals surface area contributed by atoms with Gasteiger partial charge in [-0.1, -0.05) is 0 Å². The smallest absolute Gasteiger partial charge is 0.207 e. The number of rotatable bonds is 1. The second kappa shape index (κ2) is 4.68. The molecule has 0 N–H and O–H groups in total. The van der Waals surface area contributed by atoms with E-state index in [-0.39, 0.29) is 0 Å².